The Kier molecular flexibility index (Phi) is 6.00. The van der Waals surface area contributed by atoms with Gasteiger partial charge >= 0.3 is 12.1 Å². The molecule has 1 aromatic carbocycles. The molecule has 0 unspecified atom stereocenters. The number of carboxylic acids is 1. The van der Waals surface area contributed by atoms with Crippen LogP contribution in [-0.2, 0) is 4.74 Å². The van der Waals surface area contributed by atoms with Gasteiger partial charge in [-0.2, -0.15) is 0 Å². The number of benzene rings is 1. The maximum absolute atomic E-state index is 14.6. The number of fused-ring (bicyclic) bond motifs is 1. The highest BCUT2D eigenvalue weighted by Gasteiger charge is 2.27. The number of aromatic carboxylic acids is 1. The summed E-state index contributed by atoms with van der Waals surface area (Å²) in [5, 5.41) is 14.9. The number of aromatic nitrogens is 1. The maximum atomic E-state index is 14.6. The van der Waals surface area contributed by atoms with Gasteiger partial charge in [0.1, 0.15) is 17.0 Å². The van der Waals surface area contributed by atoms with Crippen molar-refractivity contribution >= 4 is 28.7 Å². The van der Waals surface area contributed by atoms with E-state index >= 15 is 0 Å². The Bertz CT molecular complexity index is 1040. The van der Waals surface area contributed by atoms with Crippen LogP contribution in [-0.4, -0.2) is 40.4 Å². The molecule has 0 radical (unpaired) electrons. The molecule has 1 heterocycles. The van der Waals surface area contributed by atoms with Crippen LogP contribution in [0.4, 0.5) is 14.9 Å². The first-order valence-electron chi connectivity index (χ1n) is 9.89. The van der Waals surface area contributed by atoms with Crippen LogP contribution in [0.3, 0.4) is 0 Å². The van der Waals surface area contributed by atoms with Crippen LogP contribution in [0.15, 0.2) is 23.1 Å². The zero-order valence-electron chi connectivity index (χ0n) is 17.3. The van der Waals surface area contributed by atoms with E-state index in [1.807, 2.05) is 0 Å². The molecule has 0 bridgehead atoms. The Morgan fingerprint density at radius 1 is 1.27 bits per heavy atom. The van der Waals surface area contributed by atoms with E-state index in [4.69, 9.17) is 4.74 Å². The molecule has 1 aliphatic rings. The normalized spacial score (nSPS) is 13.9. The lowest BCUT2D eigenvalue weighted by molar-refractivity contribution is 0.0527. The predicted octanol–water partition coefficient (Wildman–Crippen LogP) is 3.50. The lowest BCUT2D eigenvalue weighted by Gasteiger charge is -2.19. The number of nitrogens with zero attached hydrogens (tertiary/aromatic N) is 1. The molecule has 9 heteroatoms. The van der Waals surface area contributed by atoms with Gasteiger partial charge in [0, 0.05) is 30.7 Å². The molecule has 1 amide bonds. The van der Waals surface area contributed by atoms with Crippen molar-refractivity contribution < 1.29 is 23.8 Å². The van der Waals surface area contributed by atoms with E-state index in [0.29, 0.717) is 25.0 Å². The first kappa shape index (κ1) is 21.6. The number of carbonyl (C=O) groups excluding carboxylic acids is 1. The minimum absolute atomic E-state index is 0.0523. The molecule has 1 saturated carbocycles. The highest BCUT2D eigenvalue weighted by molar-refractivity contribution is 5.93. The zero-order chi connectivity index (χ0) is 22.1. The molecule has 1 fully saturated rings. The molecule has 30 heavy (non-hydrogen) atoms. The molecule has 0 saturated heterocycles. The van der Waals surface area contributed by atoms with Crippen molar-refractivity contribution in [1.82, 2.24) is 9.88 Å². The SMILES string of the molecule is CC(C)(C)OC(=O)NCCCNc1cc2c(cc1F)c(=O)c(C(=O)O)cn2C1CC1. The summed E-state index contributed by atoms with van der Waals surface area (Å²) in [6, 6.07) is 2.74. The monoisotopic (exact) mass is 419 g/mol. The molecule has 8 nitrogen and oxygen atoms in total. The van der Waals surface area contributed by atoms with Crippen LogP contribution in [0.25, 0.3) is 10.9 Å². The third-order valence-corrected chi connectivity index (χ3v) is 4.63. The van der Waals surface area contributed by atoms with E-state index in [0.717, 1.165) is 18.9 Å². The molecule has 0 atom stereocenters. The van der Waals surface area contributed by atoms with Crippen LogP contribution in [0.1, 0.15) is 56.4 Å². The van der Waals surface area contributed by atoms with Crippen LogP contribution in [0.5, 0.6) is 0 Å². The number of rotatable bonds is 7. The second-order valence-electron chi connectivity index (χ2n) is 8.37. The van der Waals surface area contributed by atoms with Gasteiger partial charge in [-0.15, -0.1) is 0 Å². The number of hydrogen-bond donors (Lipinski definition) is 3. The summed E-state index contributed by atoms with van der Waals surface area (Å²) >= 11 is 0. The molecular weight excluding hydrogens is 393 g/mol. The van der Waals surface area contributed by atoms with E-state index in [9.17, 15) is 23.9 Å². The fraction of sp³-hybridized carbons (Fsp3) is 0.476. The number of nitrogens with one attached hydrogen (secondary N) is 2. The van der Waals surface area contributed by atoms with Crippen molar-refractivity contribution in [3.8, 4) is 0 Å². The minimum atomic E-state index is -1.32. The highest BCUT2D eigenvalue weighted by atomic mass is 19.1. The molecular formula is C21H26FN3O5. The lowest BCUT2D eigenvalue weighted by Crippen LogP contribution is -2.33. The number of carboxylic acid groups (broad SMARTS) is 1. The summed E-state index contributed by atoms with van der Waals surface area (Å²) in [5.74, 6) is -1.96. The number of amides is 1. The molecule has 3 N–H and O–H groups in total. The molecule has 1 aliphatic carbocycles. The van der Waals surface area contributed by atoms with Crippen molar-refractivity contribution in [2.45, 2.75) is 51.7 Å². The first-order chi connectivity index (χ1) is 14.1. The van der Waals surface area contributed by atoms with E-state index < -0.39 is 28.9 Å². The second-order valence-corrected chi connectivity index (χ2v) is 8.37. The van der Waals surface area contributed by atoms with Gasteiger partial charge in [0.2, 0.25) is 5.43 Å². The first-order valence-corrected chi connectivity index (χ1v) is 9.89. The molecule has 3 rings (SSSR count). The van der Waals surface area contributed by atoms with Gasteiger partial charge in [-0.25, -0.2) is 14.0 Å². The van der Waals surface area contributed by atoms with Gasteiger partial charge in [0.05, 0.1) is 11.2 Å². The van der Waals surface area contributed by atoms with E-state index in [1.165, 1.54) is 12.3 Å². The van der Waals surface area contributed by atoms with Crippen molar-refractivity contribution in [1.29, 1.82) is 0 Å². The summed E-state index contributed by atoms with van der Waals surface area (Å²) in [7, 11) is 0. The van der Waals surface area contributed by atoms with Crippen molar-refractivity contribution in [2.24, 2.45) is 0 Å². The molecule has 162 valence electrons. The number of anilines is 1. The topological polar surface area (TPSA) is 110 Å². The van der Waals surface area contributed by atoms with Gasteiger partial charge in [-0.3, -0.25) is 4.79 Å². The number of ether oxygens (including phenoxy) is 1. The van der Waals surface area contributed by atoms with E-state index in [2.05, 4.69) is 10.6 Å². The van der Waals surface area contributed by atoms with Crippen LogP contribution in [0.2, 0.25) is 0 Å². The molecule has 0 aliphatic heterocycles. The molecule has 2 aromatic rings. The number of hydrogen-bond acceptors (Lipinski definition) is 5. The second kappa shape index (κ2) is 8.33. The van der Waals surface area contributed by atoms with Crippen LogP contribution >= 0.6 is 0 Å². The largest absolute Gasteiger partial charge is 0.477 e. The minimum Gasteiger partial charge on any atom is -0.477 e. The zero-order valence-corrected chi connectivity index (χ0v) is 17.3. The Balaban J connectivity index is 1.71. The maximum Gasteiger partial charge on any atom is 0.407 e. The average molecular weight is 419 g/mol. The number of pyridine rings is 1. The molecule has 0 spiro atoms. The fourth-order valence-electron chi connectivity index (χ4n) is 3.13. The number of carbonyl (C=O) groups is 2. The lowest BCUT2D eigenvalue weighted by atomic mass is 10.1. The molecule has 1 aromatic heterocycles. The van der Waals surface area contributed by atoms with Crippen LogP contribution < -0.4 is 16.1 Å². The van der Waals surface area contributed by atoms with Crippen molar-refractivity contribution in [2.75, 3.05) is 18.4 Å². The van der Waals surface area contributed by atoms with Gasteiger partial charge in [0.15, 0.2) is 0 Å². The van der Waals surface area contributed by atoms with Gasteiger partial charge in [-0.1, -0.05) is 0 Å². The van der Waals surface area contributed by atoms with Crippen molar-refractivity contribution in [3.63, 3.8) is 0 Å². The summed E-state index contributed by atoms with van der Waals surface area (Å²) in [4.78, 5) is 35.5. The quantitative estimate of drug-likeness (QED) is 0.593. The Morgan fingerprint density at radius 2 is 1.97 bits per heavy atom. The van der Waals surface area contributed by atoms with E-state index in [-0.39, 0.29) is 22.7 Å². The van der Waals surface area contributed by atoms with Gasteiger partial charge in [0.25, 0.3) is 0 Å². The highest BCUT2D eigenvalue weighted by Crippen LogP contribution is 2.37. The standard InChI is InChI=1S/C21H26FN3O5/c1-21(2,3)30-20(29)24-8-4-7-23-16-10-17-13(9-15(16)22)18(26)14(19(27)28)11-25(17)12-5-6-12/h9-12,23H,4-8H2,1-3H3,(H,24,29)(H,27,28). The third kappa shape index (κ3) is 5.08. The van der Waals surface area contributed by atoms with Gasteiger partial charge in [-0.05, 0) is 52.2 Å². The Morgan fingerprint density at radius 3 is 2.57 bits per heavy atom. The number of alkyl carbamates (subject to hydrolysis) is 1. The van der Waals surface area contributed by atoms with Crippen molar-refractivity contribution in [3.05, 3.63) is 39.9 Å². The third-order valence-electron chi connectivity index (χ3n) is 4.63. The van der Waals surface area contributed by atoms with E-state index in [1.54, 1.807) is 25.3 Å². The smallest absolute Gasteiger partial charge is 0.407 e. The fourth-order valence-corrected chi connectivity index (χ4v) is 3.13. The summed E-state index contributed by atoms with van der Waals surface area (Å²) in [6.07, 6.45) is 3.13. The van der Waals surface area contributed by atoms with Crippen LogP contribution in [0, 0.1) is 5.82 Å². The summed E-state index contributed by atoms with van der Waals surface area (Å²) < 4.78 is 21.4. The number of halogens is 1. The summed E-state index contributed by atoms with van der Waals surface area (Å²) in [6.45, 7) is 6.07. The Hall–Kier alpha value is -3.10. The predicted molar refractivity (Wildman–Crippen MR) is 111 cm³/mol. The average Bonchev–Trinajstić information content (AvgIpc) is 3.46. The van der Waals surface area contributed by atoms with Gasteiger partial charge < -0.3 is 25.0 Å². The summed E-state index contributed by atoms with van der Waals surface area (Å²) in [5.41, 5.74) is -0.905. The Labute approximate surface area is 173 Å².